The Kier molecular flexibility index (Phi) is 3.55. The molecule has 1 aliphatic heterocycles. The molecule has 0 radical (unpaired) electrons. The molecule has 8 nitrogen and oxygen atoms in total. The molecule has 4 heterocycles. The smallest absolute Gasteiger partial charge is 0.258 e. The van der Waals surface area contributed by atoms with Crippen LogP contribution >= 0.6 is 0 Å². The predicted molar refractivity (Wildman–Crippen MR) is 90.1 cm³/mol. The number of carbonyl (C=O) groups excluding carboxylic acids is 1. The first-order chi connectivity index (χ1) is 12.0. The molecule has 0 unspecified atom stereocenters. The average molecular weight is 340 g/mol. The van der Waals surface area contributed by atoms with Crippen molar-refractivity contribution in [1.29, 1.82) is 0 Å². The Morgan fingerprint density at radius 3 is 2.80 bits per heavy atom. The lowest BCUT2D eigenvalue weighted by molar-refractivity contribution is 0.0708. The minimum absolute atomic E-state index is 0.0536. The standard InChI is InChI=1S/C17H20N6O2/c1-9(2)15-20-19-13-8-22(5-6-23(13)15)17(24)12-7-10(3)18-16-14(12)11(4)21-25-16/h7,9H,5-6,8H2,1-4H3. The molecule has 1 amide bonds. The third-order valence-electron chi connectivity index (χ3n) is 4.56. The second-order valence-electron chi connectivity index (χ2n) is 6.77. The summed E-state index contributed by atoms with van der Waals surface area (Å²) in [4.78, 5) is 19.3. The minimum atomic E-state index is -0.0536. The van der Waals surface area contributed by atoms with Crippen molar-refractivity contribution in [2.45, 2.75) is 46.7 Å². The maximum atomic E-state index is 13.1. The van der Waals surface area contributed by atoms with Gasteiger partial charge in [-0.05, 0) is 19.9 Å². The van der Waals surface area contributed by atoms with E-state index in [1.165, 1.54) is 0 Å². The van der Waals surface area contributed by atoms with Crippen molar-refractivity contribution in [3.63, 3.8) is 0 Å². The van der Waals surface area contributed by atoms with Crippen molar-refractivity contribution in [2.24, 2.45) is 0 Å². The molecule has 4 rings (SSSR count). The Morgan fingerprint density at radius 2 is 2.04 bits per heavy atom. The van der Waals surface area contributed by atoms with Gasteiger partial charge in [-0.1, -0.05) is 19.0 Å². The number of amides is 1. The summed E-state index contributed by atoms with van der Waals surface area (Å²) in [6.45, 7) is 9.64. The summed E-state index contributed by atoms with van der Waals surface area (Å²) in [6.07, 6.45) is 0. The third kappa shape index (κ3) is 2.48. The van der Waals surface area contributed by atoms with Gasteiger partial charge in [-0.2, -0.15) is 0 Å². The number of aromatic nitrogens is 5. The van der Waals surface area contributed by atoms with Gasteiger partial charge >= 0.3 is 0 Å². The summed E-state index contributed by atoms with van der Waals surface area (Å²) >= 11 is 0. The maximum Gasteiger partial charge on any atom is 0.258 e. The van der Waals surface area contributed by atoms with Crippen molar-refractivity contribution in [1.82, 2.24) is 29.8 Å². The summed E-state index contributed by atoms with van der Waals surface area (Å²) in [5, 5.41) is 13.2. The summed E-state index contributed by atoms with van der Waals surface area (Å²) < 4.78 is 7.35. The molecular formula is C17H20N6O2. The van der Waals surface area contributed by atoms with Crippen molar-refractivity contribution < 1.29 is 9.32 Å². The molecule has 0 bridgehead atoms. The lowest BCUT2D eigenvalue weighted by Gasteiger charge is -2.28. The Morgan fingerprint density at radius 1 is 1.24 bits per heavy atom. The quantitative estimate of drug-likeness (QED) is 0.710. The number of carbonyl (C=O) groups is 1. The molecular weight excluding hydrogens is 320 g/mol. The highest BCUT2D eigenvalue weighted by Crippen LogP contribution is 2.25. The van der Waals surface area contributed by atoms with Gasteiger partial charge in [0.1, 0.15) is 5.82 Å². The largest absolute Gasteiger partial charge is 0.336 e. The topological polar surface area (TPSA) is 89.9 Å². The van der Waals surface area contributed by atoms with Gasteiger partial charge in [-0.3, -0.25) is 4.79 Å². The van der Waals surface area contributed by atoms with E-state index in [1.54, 1.807) is 11.0 Å². The van der Waals surface area contributed by atoms with Crippen LogP contribution in [0.2, 0.25) is 0 Å². The molecule has 0 saturated carbocycles. The fraction of sp³-hybridized carbons (Fsp3) is 0.471. The van der Waals surface area contributed by atoms with E-state index in [2.05, 4.69) is 38.8 Å². The molecule has 3 aromatic rings. The van der Waals surface area contributed by atoms with Gasteiger partial charge in [-0.15, -0.1) is 10.2 Å². The van der Waals surface area contributed by atoms with Gasteiger partial charge in [0.05, 0.1) is 23.2 Å². The first-order valence-electron chi connectivity index (χ1n) is 8.40. The maximum absolute atomic E-state index is 13.1. The highest BCUT2D eigenvalue weighted by Gasteiger charge is 2.28. The molecule has 0 aliphatic carbocycles. The third-order valence-corrected chi connectivity index (χ3v) is 4.56. The number of aryl methyl sites for hydroxylation is 2. The van der Waals surface area contributed by atoms with Gasteiger partial charge in [0.25, 0.3) is 11.6 Å². The minimum Gasteiger partial charge on any atom is -0.336 e. The van der Waals surface area contributed by atoms with Crippen LogP contribution in [-0.2, 0) is 13.1 Å². The van der Waals surface area contributed by atoms with Gasteiger partial charge in [-0.25, -0.2) is 4.98 Å². The van der Waals surface area contributed by atoms with E-state index in [1.807, 2.05) is 13.8 Å². The van der Waals surface area contributed by atoms with E-state index in [9.17, 15) is 4.79 Å². The SMILES string of the molecule is Cc1cc(C(=O)N2CCn3c(nnc3C(C)C)C2)c2c(C)noc2n1. The number of pyridine rings is 1. The predicted octanol–water partition coefficient (Wildman–Crippen LogP) is 2.21. The van der Waals surface area contributed by atoms with Crippen LogP contribution in [0.3, 0.4) is 0 Å². The molecule has 0 N–H and O–H groups in total. The summed E-state index contributed by atoms with van der Waals surface area (Å²) in [6, 6.07) is 1.80. The molecule has 3 aromatic heterocycles. The molecule has 25 heavy (non-hydrogen) atoms. The Bertz CT molecular complexity index is 971. The van der Waals surface area contributed by atoms with E-state index < -0.39 is 0 Å². The summed E-state index contributed by atoms with van der Waals surface area (Å²) in [5.74, 6) is 2.05. The van der Waals surface area contributed by atoms with Gasteiger partial charge in [0.2, 0.25) is 0 Å². The Hall–Kier alpha value is -2.77. The number of nitrogens with zero attached hydrogens (tertiary/aromatic N) is 6. The van der Waals surface area contributed by atoms with Crippen LogP contribution in [-0.4, -0.2) is 42.3 Å². The number of hydrogen-bond acceptors (Lipinski definition) is 6. The Balaban J connectivity index is 1.70. The van der Waals surface area contributed by atoms with Crippen molar-refractivity contribution in [2.75, 3.05) is 6.54 Å². The summed E-state index contributed by atoms with van der Waals surface area (Å²) in [7, 11) is 0. The van der Waals surface area contributed by atoms with E-state index in [4.69, 9.17) is 4.52 Å². The zero-order valence-electron chi connectivity index (χ0n) is 14.8. The van der Waals surface area contributed by atoms with E-state index in [-0.39, 0.29) is 5.91 Å². The molecule has 1 aliphatic rings. The second kappa shape index (κ2) is 5.65. The van der Waals surface area contributed by atoms with Crippen LogP contribution in [0.25, 0.3) is 11.1 Å². The summed E-state index contributed by atoms with van der Waals surface area (Å²) in [5.41, 5.74) is 2.39. The van der Waals surface area contributed by atoms with Crippen LogP contribution in [0.4, 0.5) is 0 Å². The monoisotopic (exact) mass is 340 g/mol. The lowest BCUT2D eigenvalue weighted by Crippen LogP contribution is -2.39. The fourth-order valence-corrected chi connectivity index (χ4v) is 3.34. The zero-order chi connectivity index (χ0) is 17.7. The molecule has 0 atom stereocenters. The van der Waals surface area contributed by atoms with E-state index in [0.29, 0.717) is 47.9 Å². The first-order valence-corrected chi connectivity index (χ1v) is 8.40. The molecule has 0 aromatic carbocycles. The Labute approximate surface area is 144 Å². The van der Waals surface area contributed by atoms with Crippen LogP contribution in [0.15, 0.2) is 10.6 Å². The highest BCUT2D eigenvalue weighted by atomic mass is 16.5. The van der Waals surface area contributed by atoms with Gasteiger partial charge in [0.15, 0.2) is 5.82 Å². The second-order valence-corrected chi connectivity index (χ2v) is 6.77. The molecule has 130 valence electrons. The number of hydrogen-bond donors (Lipinski definition) is 0. The van der Waals surface area contributed by atoms with Gasteiger partial charge in [0, 0.05) is 24.7 Å². The average Bonchev–Trinajstić information content (AvgIpc) is 3.16. The molecule has 8 heteroatoms. The van der Waals surface area contributed by atoms with E-state index >= 15 is 0 Å². The lowest BCUT2D eigenvalue weighted by atomic mass is 10.1. The van der Waals surface area contributed by atoms with Crippen molar-refractivity contribution >= 4 is 17.0 Å². The molecule has 0 fully saturated rings. The van der Waals surface area contributed by atoms with Crippen molar-refractivity contribution in [3.05, 3.63) is 34.7 Å². The first kappa shape index (κ1) is 15.7. The van der Waals surface area contributed by atoms with Crippen LogP contribution < -0.4 is 0 Å². The number of fused-ring (bicyclic) bond motifs is 2. The van der Waals surface area contributed by atoms with E-state index in [0.717, 1.165) is 17.3 Å². The van der Waals surface area contributed by atoms with Crippen molar-refractivity contribution in [3.8, 4) is 0 Å². The number of rotatable bonds is 2. The molecule has 0 spiro atoms. The van der Waals surface area contributed by atoms with Gasteiger partial charge < -0.3 is 14.0 Å². The van der Waals surface area contributed by atoms with Crippen LogP contribution in [0.5, 0.6) is 0 Å². The van der Waals surface area contributed by atoms with Crippen LogP contribution in [0, 0.1) is 13.8 Å². The fourth-order valence-electron chi connectivity index (χ4n) is 3.34. The zero-order valence-corrected chi connectivity index (χ0v) is 14.8. The normalized spacial score (nSPS) is 14.4. The van der Waals surface area contributed by atoms with Crippen LogP contribution in [0.1, 0.15) is 53.2 Å². The molecule has 0 saturated heterocycles. The highest BCUT2D eigenvalue weighted by molar-refractivity contribution is 6.06.